The maximum atomic E-state index is 9.14. The SMILES string of the molecule is CNC(Cc1ccc(O)cc1)C(C)C. The van der Waals surface area contributed by atoms with Gasteiger partial charge in [-0.15, -0.1) is 0 Å². The van der Waals surface area contributed by atoms with Crippen molar-refractivity contribution < 1.29 is 5.11 Å². The zero-order valence-electron chi connectivity index (χ0n) is 9.12. The fraction of sp³-hybridized carbons (Fsp3) is 0.500. The molecule has 0 aromatic heterocycles. The molecule has 1 rings (SSSR count). The summed E-state index contributed by atoms with van der Waals surface area (Å²) in [6.07, 6.45) is 1.01. The van der Waals surface area contributed by atoms with E-state index in [9.17, 15) is 0 Å². The molecule has 1 aromatic carbocycles. The van der Waals surface area contributed by atoms with Crippen LogP contribution >= 0.6 is 0 Å². The first-order chi connectivity index (χ1) is 6.63. The lowest BCUT2D eigenvalue weighted by molar-refractivity contribution is 0.424. The Morgan fingerprint density at radius 3 is 2.21 bits per heavy atom. The Hall–Kier alpha value is -1.02. The van der Waals surface area contributed by atoms with Crippen LogP contribution in [0.2, 0.25) is 0 Å². The van der Waals surface area contributed by atoms with E-state index in [1.807, 2.05) is 19.2 Å². The molecule has 0 aliphatic carbocycles. The molecule has 2 N–H and O–H groups in total. The van der Waals surface area contributed by atoms with Gasteiger partial charge < -0.3 is 10.4 Å². The third kappa shape index (κ3) is 3.04. The molecule has 0 saturated heterocycles. The normalized spacial score (nSPS) is 13.1. The van der Waals surface area contributed by atoms with E-state index in [1.165, 1.54) is 5.56 Å². The highest BCUT2D eigenvalue weighted by Crippen LogP contribution is 2.13. The number of aromatic hydroxyl groups is 1. The van der Waals surface area contributed by atoms with E-state index in [2.05, 4.69) is 19.2 Å². The molecule has 0 aliphatic rings. The molecule has 0 radical (unpaired) electrons. The van der Waals surface area contributed by atoms with Gasteiger partial charge in [0.1, 0.15) is 5.75 Å². The molecule has 0 bridgehead atoms. The van der Waals surface area contributed by atoms with Crippen molar-refractivity contribution in [2.45, 2.75) is 26.3 Å². The van der Waals surface area contributed by atoms with Gasteiger partial charge in [0.25, 0.3) is 0 Å². The van der Waals surface area contributed by atoms with Crippen molar-refractivity contribution in [2.24, 2.45) is 5.92 Å². The highest BCUT2D eigenvalue weighted by molar-refractivity contribution is 5.26. The summed E-state index contributed by atoms with van der Waals surface area (Å²) < 4.78 is 0. The van der Waals surface area contributed by atoms with Crippen LogP contribution in [0.4, 0.5) is 0 Å². The quantitative estimate of drug-likeness (QED) is 0.768. The standard InChI is InChI=1S/C12H19NO/c1-9(2)12(13-3)8-10-4-6-11(14)7-5-10/h4-7,9,12-14H,8H2,1-3H3. The summed E-state index contributed by atoms with van der Waals surface area (Å²) in [5.74, 6) is 0.952. The second kappa shape index (κ2) is 5.01. The fourth-order valence-corrected chi connectivity index (χ4v) is 1.56. The minimum Gasteiger partial charge on any atom is -0.508 e. The van der Waals surface area contributed by atoms with Crippen molar-refractivity contribution in [3.63, 3.8) is 0 Å². The van der Waals surface area contributed by atoms with Gasteiger partial charge in [0.15, 0.2) is 0 Å². The molecule has 0 amide bonds. The van der Waals surface area contributed by atoms with Crippen molar-refractivity contribution in [3.05, 3.63) is 29.8 Å². The molecule has 0 spiro atoms. The van der Waals surface area contributed by atoms with Crippen LogP contribution in [0.15, 0.2) is 24.3 Å². The lowest BCUT2D eigenvalue weighted by Crippen LogP contribution is -2.32. The zero-order valence-corrected chi connectivity index (χ0v) is 9.12. The Morgan fingerprint density at radius 2 is 1.79 bits per heavy atom. The average Bonchev–Trinajstić information content (AvgIpc) is 2.16. The molecule has 78 valence electrons. The van der Waals surface area contributed by atoms with E-state index in [0.717, 1.165) is 6.42 Å². The van der Waals surface area contributed by atoms with Crippen LogP contribution in [0.3, 0.4) is 0 Å². The summed E-state index contributed by atoms with van der Waals surface area (Å²) in [4.78, 5) is 0. The number of phenols is 1. The Bertz CT molecular complexity index is 266. The molecule has 1 aromatic rings. The van der Waals surface area contributed by atoms with E-state index in [1.54, 1.807) is 12.1 Å². The zero-order chi connectivity index (χ0) is 10.6. The topological polar surface area (TPSA) is 32.3 Å². The Kier molecular flexibility index (Phi) is 3.96. The summed E-state index contributed by atoms with van der Waals surface area (Å²) in [7, 11) is 1.99. The molecular formula is C12H19NO. The second-order valence-corrected chi connectivity index (χ2v) is 4.01. The van der Waals surface area contributed by atoms with Gasteiger partial charge in [-0.05, 0) is 37.1 Å². The smallest absolute Gasteiger partial charge is 0.115 e. The molecule has 0 aliphatic heterocycles. The minimum atomic E-state index is 0.333. The summed E-state index contributed by atoms with van der Waals surface area (Å²) in [5.41, 5.74) is 1.26. The van der Waals surface area contributed by atoms with Crippen molar-refractivity contribution in [1.29, 1.82) is 0 Å². The minimum absolute atomic E-state index is 0.333. The first kappa shape index (κ1) is 11.1. The lowest BCUT2D eigenvalue weighted by Gasteiger charge is -2.20. The summed E-state index contributed by atoms with van der Waals surface area (Å²) in [6.45, 7) is 4.42. The third-order valence-electron chi connectivity index (χ3n) is 2.57. The van der Waals surface area contributed by atoms with Crippen LogP contribution in [-0.4, -0.2) is 18.2 Å². The van der Waals surface area contributed by atoms with Gasteiger partial charge in [0.2, 0.25) is 0 Å². The summed E-state index contributed by atoms with van der Waals surface area (Å²) in [6, 6.07) is 7.93. The van der Waals surface area contributed by atoms with E-state index in [4.69, 9.17) is 5.11 Å². The van der Waals surface area contributed by atoms with Crippen LogP contribution in [0.5, 0.6) is 5.75 Å². The second-order valence-electron chi connectivity index (χ2n) is 4.01. The summed E-state index contributed by atoms with van der Waals surface area (Å²) >= 11 is 0. The van der Waals surface area contributed by atoms with Crippen LogP contribution in [0.25, 0.3) is 0 Å². The van der Waals surface area contributed by atoms with Crippen molar-refractivity contribution in [3.8, 4) is 5.75 Å². The first-order valence-electron chi connectivity index (χ1n) is 5.08. The molecule has 0 saturated carbocycles. The maximum absolute atomic E-state index is 9.14. The van der Waals surface area contributed by atoms with E-state index < -0.39 is 0 Å². The molecule has 1 atom stereocenters. The molecular weight excluding hydrogens is 174 g/mol. The summed E-state index contributed by atoms with van der Waals surface area (Å²) in [5, 5.41) is 12.4. The highest BCUT2D eigenvalue weighted by atomic mass is 16.3. The van der Waals surface area contributed by atoms with Crippen LogP contribution in [-0.2, 0) is 6.42 Å². The predicted octanol–water partition coefficient (Wildman–Crippen LogP) is 2.18. The fourth-order valence-electron chi connectivity index (χ4n) is 1.56. The number of phenolic OH excluding ortho intramolecular Hbond substituents is 1. The number of benzene rings is 1. The maximum Gasteiger partial charge on any atom is 0.115 e. The molecule has 1 unspecified atom stereocenters. The van der Waals surface area contributed by atoms with E-state index in [0.29, 0.717) is 17.7 Å². The number of rotatable bonds is 4. The molecule has 0 fully saturated rings. The Balaban J connectivity index is 2.63. The number of hydrogen-bond donors (Lipinski definition) is 2. The third-order valence-corrected chi connectivity index (χ3v) is 2.57. The molecule has 14 heavy (non-hydrogen) atoms. The van der Waals surface area contributed by atoms with Crippen LogP contribution in [0.1, 0.15) is 19.4 Å². The van der Waals surface area contributed by atoms with Gasteiger partial charge in [-0.25, -0.2) is 0 Å². The number of nitrogens with one attached hydrogen (secondary N) is 1. The van der Waals surface area contributed by atoms with Gasteiger partial charge in [-0.2, -0.15) is 0 Å². The monoisotopic (exact) mass is 193 g/mol. The highest BCUT2D eigenvalue weighted by Gasteiger charge is 2.10. The van der Waals surface area contributed by atoms with Gasteiger partial charge in [-0.3, -0.25) is 0 Å². The molecule has 2 heteroatoms. The number of likely N-dealkylation sites (N-methyl/N-ethyl adjacent to an activating group) is 1. The van der Waals surface area contributed by atoms with Crippen molar-refractivity contribution >= 4 is 0 Å². The molecule has 2 nitrogen and oxygen atoms in total. The predicted molar refractivity (Wildman–Crippen MR) is 59.5 cm³/mol. The Labute approximate surface area is 86.0 Å². The van der Waals surface area contributed by atoms with E-state index >= 15 is 0 Å². The average molecular weight is 193 g/mol. The van der Waals surface area contributed by atoms with Crippen LogP contribution < -0.4 is 5.32 Å². The first-order valence-corrected chi connectivity index (χ1v) is 5.08. The van der Waals surface area contributed by atoms with Crippen LogP contribution in [0, 0.1) is 5.92 Å². The van der Waals surface area contributed by atoms with Gasteiger partial charge in [-0.1, -0.05) is 26.0 Å². The van der Waals surface area contributed by atoms with Crippen molar-refractivity contribution in [2.75, 3.05) is 7.05 Å². The lowest BCUT2D eigenvalue weighted by atomic mass is 9.97. The van der Waals surface area contributed by atoms with Crippen molar-refractivity contribution in [1.82, 2.24) is 5.32 Å². The van der Waals surface area contributed by atoms with Gasteiger partial charge in [0.05, 0.1) is 0 Å². The largest absolute Gasteiger partial charge is 0.508 e. The van der Waals surface area contributed by atoms with Gasteiger partial charge in [0, 0.05) is 6.04 Å². The molecule has 0 heterocycles. The Morgan fingerprint density at radius 1 is 1.21 bits per heavy atom. The number of hydrogen-bond acceptors (Lipinski definition) is 2. The van der Waals surface area contributed by atoms with Gasteiger partial charge >= 0.3 is 0 Å². The van der Waals surface area contributed by atoms with E-state index in [-0.39, 0.29) is 0 Å².